The molecule has 1 atom stereocenters. The van der Waals surface area contributed by atoms with Crippen LogP contribution in [0.15, 0.2) is 48.5 Å². The highest BCUT2D eigenvalue weighted by atomic mass is 16.5. The molecule has 0 radical (unpaired) electrons. The first-order valence-corrected chi connectivity index (χ1v) is 7.81. The molecule has 0 saturated heterocycles. The van der Waals surface area contributed by atoms with E-state index in [1.54, 1.807) is 7.11 Å². The summed E-state index contributed by atoms with van der Waals surface area (Å²) < 4.78 is 5.58. The second-order valence-corrected chi connectivity index (χ2v) is 6.68. The molecule has 22 heavy (non-hydrogen) atoms. The Balaban J connectivity index is 2.54. The first-order valence-electron chi connectivity index (χ1n) is 7.81. The van der Waals surface area contributed by atoms with Crippen molar-refractivity contribution in [2.45, 2.75) is 38.5 Å². The van der Waals surface area contributed by atoms with Crippen LogP contribution in [-0.4, -0.2) is 18.8 Å². The molecule has 118 valence electrons. The monoisotopic (exact) mass is 298 g/mol. The van der Waals surface area contributed by atoms with Gasteiger partial charge in [-0.2, -0.15) is 0 Å². The summed E-state index contributed by atoms with van der Waals surface area (Å²) >= 11 is 0. The van der Waals surface area contributed by atoms with E-state index in [9.17, 15) is 5.11 Å². The summed E-state index contributed by atoms with van der Waals surface area (Å²) in [4.78, 5) is 0. The van der Waals surface area contributed by atoms with Crippen LogP contribution in [0.2, 0.25) is 0 Å². The maximum absolute atomic E-state index is 9.51. The van der Waals surface area contributed by atoms with E-state index in [0.717, 1.165) is 11.3 Å². The van der Waals surface area contributed by atoms with Crippen molar-refractivity contribution >= 4 is 0 Å². The number of methoxy groups -OCH3 is 1. The van der Waals surface area contributed by atoms with E-state index in [-0.39, 0.29) is 17.9 Å². The molecule has 2 rings (SSSR count). The Morgan fingerprint density at radius 2 is 1.73 bits per heavy atom. The van der Waals surface area contributed by atoms with Crippen molar-refractivity contribution in [2.75, 3.05) is 13.7 Å². The van der Waals surface area contributed by atoms with Gasteiger partial charge in [0.25, 0.3) is 0 Å². The Hall–Kier alpha value is -1.80. The van der Waals surface area contributed by atoms with Crippen molar-refractivity contribution in [3.63, 3.8) is 0 Å². The Labute approximate surface area is 133 Å². The van der Waals surface area contributed by atoms with Crippen LogP contribution in [0.3, 0.4) is 0 Å². The van der Waals surface area contributed by atoms with E-state index in [1.165, 1.54) is 11.1 Å². The average Bonchev–Trinajstić information content (AvgIpc) is 2.52. The molecular weight excluding hydrogens is 272 g/mol. The zero-order valence-electron chi connectivity index (χ0n) is 14.0. The number of benzene rings is 2. The van der Waals surface area contributed by atoms with E-state index in [4.69, 9.17) is 4.74 Å². The zero-order chi connectivity index (χ0) is 16.2. The number of hydrogen-bond acceptors (Lipinski definition) is 2. The molecule has 0 fully saturated rings. The lowest BCUT2D eigenvalue weighted by molar-refractivity contribution is 0.280. The molecule has 0 aromatic heterocycles. The van der Waals surface area contributed by atoms with Gasteiger partial charge in [0.2, 0.25) is 0 Å². The van der Waals surface area contributed by atoms with Gasteiger partial charge in [0, 0.05) is 18.1 Å². The minimum atomic E-state index is 0.0848. The van der Waals surface area contributed by atoms with E-state index in [1.807, 2.05) is 24.3 Å². The highest BCUT2D eigenvalue weighted by Crippen LogP contribution is 2.37. The second-order valence-electron chi connectivity index (χ2n) is 6.68. The number of ether oxygens (including phenoxy) is 1. The third-order valence-electron chi connectivity index (χ3n) is 4.09. The number of aliphatic hydroxyl groups is 1. The lowest BCUT2D eigenvalue weighted by atomic mass is 9.82. The van der Waals surface area contributed by atoms with Crippen LogP contribution in [-0.2, 0) is 5.41 Å². The molecule has 0 unspecified atom stereocenters. The Morgan fingerprint density at radius 1 is 1.05 bits per heavy atom. The smallest absolute Gasteiger partial charge is 0.122 e. The average molecular weight is 298 g/mol. The zero-order valence-corrected chi connectivity index (χ0v) is 14.0. The number of hydrogen-bond donors (Lipinski definition) is 1. The van der Waals surface area contributed by atoms with Crippen LogP contribution >= 0.6 is 0 Å². The highest BCUT2D eigenvalue weighted by molar-refractivity contribution is 5.46. The van der Waals surface area contributed by atoms with Crippen LogP contribution in [0.4, 0.5) is 0 Å². The van der Waals surface area contributed by atoms with Crippen molar-refractivity contribution in [3.8, 4) is 5.75 Å². The second kappa shape index (κ2) is 6.97. The third kappa shape index (κ3) is 3.69. The van der Waals surface area contributed by atoms with Crippen LogP contribution in [0.1, 0.15) is 49.8 Å². The van der Waals surface area contributed by atoms with Gasteiger partial charge in [0.15, 0.2) is 0 Å². The first-order chi connectivity index (χ1) is 10.5. The molecule has 2 aromatic rings. The van der Waals surface area contributed by atoms with Crippen LogP contribution < -0.4 is 4.74 Å². The maximum atomic E-state index is 9.51. The number of rotatable bonds is 5. The van der Waals surface area contributed by atoms with E-state index in [2.05, 4.69) is 45.0 Å². The molecule has 0 spiro atoms. The van der Waals surface area contributed by atoms with E-state index >= 15 is 0 Å². The van der Waals surface area contributed by atoms with Gasteiger partial charge in [-0.25, -0.2) is 0 Å². The topological polar surface area (TPSA) is 29.5 Å². The molecule has 2 aromatic carbocycles. The van der Waals surface area contributed by atoms with Crippen molar-refractivity contribution in [1.82, 2.24) is 0 Å². The lowest BCUT2D eigenvalue weighted by Crippen LogP contribution is -2.13. The van der Waals surface area contributed by atoms with Gasteiger partial charge in [-0.1, -0.05) is 63.2 Å². The molecule has 0 aliphatic rings. The Kier molecular flexibility index (Phi) is 5.25. The molecule has 0 amide bonds. The molecule has 0 aliphatic carbocycles. The number of aliphatic hydroxyl groups excluding tert-OH is 1. The molecule has 2 nitrogen and oxygen atoms in total. The summed E-state index contributed by atoms with van der Waals surface area (Å²) in [6.45, 7) is 6.79. The van der Waals surface area contributed by atoms with Gasteiger partial charge in [-0.3, -0.25) is 0 Å². The van der Waals surface area contributed by atoms with Gasteiger partial charge in [0.05, 0.1) is 7.11 Å². The molecule has 0 heterocycles. The highest BCUT2D eigenvalue weighted by Gasteiger charge is 2.21. The summed E-state index contributed by atoms with van der Waals surface area (Å²) in [5, 5.41) is 9.51. The molecule has 0 saturated carbocycles. The summed E-state index contributed by atoms with van der Waals surface area (Å²) in [6, 6.07) is 16.7. The standard InChI is InChI=1S/C20H26O2/c1-20(2,3)16-10-11-19(22-4)18(14-16)17(12-13-21)15-8-6-5-7-9-15/h5-11,14,17,21H,12-13H2,1-4H3/t17-/m0/s1. The van der Waals surface area contributed by atoms with Crippen LogP contribution in [0, 0.1) is 0 Å². The summed E-state index contributed by atoms with van der Waals surface area (Å²) in [5.74, 6) is 1.03. The fourth-order valence-corrected chi connectivity index (χ4v) is 2.79. The van der Waals surface area contributed by atoms with E-state index < -0.39 is 0 Å². The minimum absolute atomic E-state index is 0.0848. The molecule has 0 aliphatic heterocycles. The summed E-state index contributed by atoms with van der Waals surface area (Å²) in [7, 11) is 1.70. The van der Waals surface area contributed by atoms with Crippen LogP contribution in [0.5, 0.6) is 5.75 Å². The Bertz CT molecular complexity index is 597. The molecular formula is C20H26O2. The van der Waals surface area contributed by atoms with E-state index in [0.29, 0.717) is 6.42 Å². The van der Waals surface area contributed by atoms with Gasteiger partial charge in [0.1, 0.15) is 5.75 Å². The predicted octanol–water partition coefficient (Wildman–Crippen LogP) is 4.51. The van der Waals surface area contributed by atoms with Gasteiger partial charge >= 0.3 is 0 Å². The lowest BCUT2D eigenvalue weighted by Gasteiger charge is -2.25. The van der Waals surface area contributed by atoms with Crippen molar-refractivity contribution in [3.05, 3.63) is 65.2 Å². The minimum Gasteiger partial charge on any atom is -0.496 e. The molecule has 2 heteroatoms. The normalized spacial score (nSPS) is 13.0. The predicted molar refractivity (Wildman–Crippen MR) is 91.7 cm³/mol. The molecule has 1 N–H and O–H groups in total. The van der Waals surface area contributed by atoms with Gasteiger partial charge in [-0.05, 0) is 29.0 Å². The van der Waals surface area contributed by atoms with Gasteiger partial charge in [-0.15, -0.1) is 0 Å². The summed E-state index contributed by atoms with van der Waals surface area (Å²) in [6.07, 6.45) is 0.688. The fourth-order valence-electron chi connectivity index (χ4n) is 2.79. The molecule has 0 bridgehead atoms. The first kappa shape index (κ1) is 16.6. The summed E-state index contributed by atoms with van der Waals surface area (Å²) in [5.41, 5.74) is 3.72. The van der Waals surface area contributed by atoms with Crippen molar-refractivity contribution in [2.24, 2.45) is 0 Å². The van der Waals surface area contributed by atoms with Crippen molar-refractivity contribution < 1.29 is 9.84 Å². The maximum Gasteiger partial charge on any atom is 0.122 e. The van der Waals surface area contributed by atoms with Gasteiger partial charge < -0.3 is 9.84 Å². The van der Waals surface area contributed by atoms with Crippen molar-refractivity contribution in [1.29, 1.82) is 0 Å². The quantitative estimate of drug-likeness (QED) is 0.880. The fraction of sp³-hybridized carbons (Fsp3) is 0.400. The third-order valence-corrected chi connectivity index (χ3v) is 4.09. The SMILES string of the molecule is COc1ccc(C(C)(C)C)cc1[C@@H](CCO)c1ccccc1. The largest absolute Gasteiger partial charge is 0.496 e. The Morgan fingerprint density at radius 3 is 2.27 bits per heavy atom. The van der Waals surface area contributed by atoms with Crippen LogP contribution in [0.25, 0.3) is 0 Å².